The third-order valence-corrected chi connectivity index (χ3v) is 5.14. The normalized spacial score (nSPS) is 31.5. The molecule has 2 N–H and O–H groups in total. The molecular weight excluding hydrogens is 240 g/mol. The first kappa shape index (κ1) is 14.1. The molecule has 19 heavy (non-hydrogen) atoms. The molecule has 1 fully saturated rings. The van der Waals surface area contributed by atoms with Crippen molar-refractivity contribution in [3.8, 4) is 0 Å². The summed E-state index contributed by atoms with van der Waals surface area (Å²) in [5.74, 6) is 1.39. The van der Waals surface area contributed by atoms with Crippen LogP contribution in [0.25, 0.3) is 0 Å². The fourth-order valence-corrected chi connectivity index (χ4v) is 3.78. The molecule has 0 aromatic heterocycles. The van der Waals surface area contributed by atoms with E-state index in [1.54, 1.807) is 6.92 Å². The number of rotatable bonds is 3. The highest BCUT2D eigenvalue weighted by Crippen LogP contribution is 2.60. The van der Waals surface area contributed by atoms with E-state index in [1.807, 2.05) is 0 Å². The van der Waals surface area contributed by atoms with Crippen LogP contribution in [0, 0.1) is 23.2 Å². The molecule has 0 heterocycles. The summed E-state index contributed by atoms with van der Waals surface area (Å²) in [4.78, 5) is 22.5. The first-order chi connectivity index (χ1) is 8.75. The van der Waals surface area contributed by atoms with E-state index in [9.17, 15) is 9.59 Å². The molecule has 0 unspecified atom stereocenters. The van der Waals surface area contributed by atoms with Gasteiger partial charge in [-0.2, -0.15) is 0 Å². The summed E-state index contributed by atoms with van der Waals surface area (Å²) in [6, 6.07) is 0. The van der Waals surface area contributed by atoms with Crippen LogP contribution in [-0.2, 0) is 9.59 Å². The number of carbonyl (C=O) groups excluding carboxylic acids is 2. The van der Waals surface area contributed by atoms with Crippen LogP contribution in [-0.4, -0.2) is 18.4 Å². The van der Waals surface area contributed by atoms with Crippen molar-refractivity contribution in [3.05, 3.63) is 11.3 Å². The molecule has 2 bridgehead atoms. The molecule has 3 atom stereocenters. The zero-order valence-electron chi connectivity index (χ0n) is 12.5. The quantitative estimate of drug-likeness (QED) is 0.817. The Labute approximate surface area is 115 Å². The molecule has 4 nitrogen and oxygen atoms in total. The van der Waals surface area contributed by atoms with Crippen molar-refractivity contribution < 1.29 is 9.59 Å². The Morgan fingerprint density at radius 1 is 1.26 bits per heavy atom. The summed E-state index contributed by atoms with van der Waals surface area (Å²) in [6.07, 6.45) is 1.10. The van der Waals surface area contributed by atoms with Gasteiger partial charge in [-0.05, 0) is 29.2 Å². The van der Waals surface area contributed by atoms with Gasteiger partial charge in [-0.15, -0.1) is 0 Å². The van der Waals surface area contributed by atoms with Gasteiger partial charge in [0.05, 0.1) is 0 Å². The summed E-state index contributed by atoms with van der Waals surface area (Å²) in [6.45, 7) is 10.5. The third-order valence-electron chi connectivity index (χ3n) is 5.14. The smallest absolute Gasteiger partial charge is 0.221 e. The third kappa shape index (κ3) is 2.28. The van der Waals surface area contributed by atoms with Crippen molar-refractivity contribution in [1.29, 1.82) is 0 Å². The van der Waals surface area contributed by atoms with Gasteiger partial charge in [-0.1, -0.05) is 20.8 Å². The summed E-state index contributed by atoms with van der Waals surface area (Å²) in [5.41, 5.74) is 2.53. The molecule has 0 saturated heterocycles. The Hall–Kier alpha value is -1.32. The van der Waals surface area contributed by atoms with Crippen LogP contribution < -0.4 is 10.6 Å². The molecule has 2 amide bonds. The fraction of sp³-hybridized carbons (Fsp3) is 0.733. The second kappa shape index (κ2) is 4.66. The van der Waals surface area contributed by atoms with Gasteiger partial charge < -0.3 is 10.6 Å². The second-order valence-corrected chi connectivity index (χ2v) is 6.53. The minimum Gasteiger partial charge on any atom is -0.353 e. The lowest BCUT2D eigenvalue weighted by Gasteiger charge is -2.39. The van der Waals surface area contributed by atoms with Crippen molar-refractivity contribution in [2.24, 2.45) is 23.2 Å². The Balaban J connectivity index is 2.31. The van der Waals surface area contributed by atoms with Crippen LogP contribution in [0.2, 0.25) is 0 Å². The molecule has 0 aliphatic heterocycles. The van der Waals surface area contributed by atoms with Crippen LogP contribution in [0.15, 0.2) is 11.3 Å². The Morgan fingerprint density at radius 3 is 2.42 bits per heavy atom. The topological polar surface area (TPSA) is 58.2 Å². The molecule has 2 aliphatic rings. The molecular formula is C15H24N2O2. The highest BCUT2D eigenvalue weighted by Gasteiger charge is 2.54. The molecule has 0 aromatic rings. The molecule has 2 rings (SSSR count). The van der Waals surface area contributed by atoms with Crippen LogP contribution in [0.1, 0.15) is 41.0 Å². The largest absolute Gasteiger partial charge is 0.353 e. The Bertz CT molecular complexity index is 451. The Kier molecular flexibility index (Phi) is 3.45. The first-order valence-corrected chi connectivity index (χ1v) is 7.00. The highest BCUT2D eigenvalue weighted by molar-refractivity contribution is 5.76. The molecule has 2 aliphatic carbocycles. The molecule has 0 spiro atoms. The SMILES string of the molecule is CC(=O)NCC1=C(NC(C)=O)[C@@H]2C[C@H]1C(C)(C)[C@H]2C. The van der Waals surface area contributed by atoms with Gasteiger partial charge in [0.15, 0.2) is 0 Å². The monoisotopic (exact) mass is 264 g/mol. The average Bonchev–Trinajstić information content (AvgIpc) is 2.72. The van der Waals surface area contributed by atoms with Gasteiger partial charge in [0.2, 0.25) is 11.8 Å². The maximum absolute atomic E-state index is 11.4. The maximum Gasteiger partial charge on any atom is 0.221 e. The number of nitrogens with one attached hydrogen (secondary N) is 2. The summed E-state index contributed by atoms with van der Waals surface area (Å²) in [7, 11) is 0. The lowest BCUT2D eigenvalue weighted by molar-refractivity contribution is -0.119. The number of hydrogen-bond acceptors (Lipinski definition) is 2. The van der Waals surface area contributed by atoms with E-state index in [2.05, 4.69) is 31.4 Å². The lowest BCUT2D eigenvalue weighted by Crippen LogP contribution is -2.38. The van der Waals surface area contributed by atoms with E-state index in [1.165, 1.54) is 12.5 Å². The summed E-state index contributed by atoms with van der Waals surface area (Å²) >= 11 is 0. The first-order valence-electron chi connectivity index (χ1n) is 7.00. The van der Waals surface area contributed by atoms with Gasteiger partial charge in [-0.3, -0.25) is 9.59 Å². The highest BCUT2D eigenvalue weighted by atomic mass is 16.2. The Morgan fingerprint density at radius 2 is 1.89 bits per heavy atom. The molecule has 1 saturated carbocycles. The predicted octanol–water partition coefficient (Wildman–Crippen LogP) is 1.82. The van der Waals surface area contributed by atoms with Crippen molar-refractivity contribution in [3.63, 3.8) is 0 Å². The zero-order valence-corrected chi connectivity index (χ0v) is 12.5. The average molecular weight is 264 g/mol. The lowest BCUT2D eigenvalue weighted by atomic mass is 9.68. The van der Waals surface area contributed by atoms with E-state index in [0.29, 0.717) is 24.3 Å². The van der Waals surface area contributed by atoms with Gasteiger partial charge in [0.1, 0.15) is 0 Å². The van der Waals surface area contributed by atoms with E-state index >= 15 is 0 Å². The van der Waals surface area contributed by atoms with Gasteiger partial charge in [0, 0.05) is 32.0 Å². The fourth-order valence-electron chi connectivity index (χ4n) is 3.78. The number of allylic oxidation sites excluding steroid dienone is 1. The molecule has 0 radical (unpaired) electrons. The van der Waals surface area contributed by atoms with Crippen LogP contribution >= 0.6 is 0 Å². The van der Waals surface area contributed by atoms with Crippen molar-refractivity contribution in [1.82, 2.24) is 10.6 Å². The standard InChI is InChI=1S/C15H24N2O2/c1-8-11-6-13(15(8,4)5)12(7-16-9(2)18)14(11)17-10(3)19/h8,11,13H,6-7H2,1-5H3,(H,16,18)(H,17,19)/t8-,11+,13+/m0/s1. The number of hydrogen-bond donors (Lipinski definition) is 2. The van der Waals surface area contributed by atoms with E-state index < -0.39 is 0 Å². The zero-order chi connectivity index (χ0) is 14.4. The number of carbonyl (C=O) groups is 2. The van der Waals surface area contributed by atoms with Crippen molar-refractivity contribution in [2.75, 3.05) is 6.54 Å². The molecule has 106 valence electrons. The van der Waals surface area contributed by atoms with Gasteiger partial charge in [-0.25, -0.2) is 0 Å². The number of amides is 2. The predicted molar refractivity (Wildman–Crippen MR) is 74.1 cm³/mol. The molecule has 4 heteroatoms. The number of fused-ring (bicyclic) bond motifs is 2. The van der Waals surface area contributed by atoms with E-state index in [4.69, 9.17) is 0 Å². The summed E-state index contributed by atoms with van der Waals surface area (Å²) in [5, 5.41) is 5.88. The van der Waals surface area contributed by atoms with Crippen LogP contribution in [0.3, 0.4) is 0 Å². The second-order valence-electron chi connectivity index (χ2n) is 6.53. The van der Waals surface area contributed by atoms with Crippen LogP contribution in [0.4, 0.5) is 0 Å². The van der Waals surface area contributed by atoms with E-state index in [-0.39, 0.29) is 17.2 Å². The minimum atomic E-state index is -0.0247. The van der Waals surface area contributed by atoms with E-state index in [0.717, 1.165) is 12.1 Å². The van der Waals surface area contributed by atoms with Crippen LogP contribution in [0.5, 0.6) is 0 Å². The minimum absolute atomic E-state index is 0.0205. The van der Waals surface area contributed by atoms with Gasteiger partial charge in [0.25, 0.3) is 0 Å². The molecule has 0 aromatic carbocycles. The van der Waals surface area contributed by atoms with Gasteiger partial charge >= 0.3 is 0 Å². The van der Waals surface area contributed by atoms with Crippen molar-refractivity contribution >= 4 is 11.8 Å². The van der Waals surface area contributed by atoms with Crippen molar-refractivity contribution in [2.45, 2.75) is 41.0 Å². The maximum atomic E-state index is 11.4. The summed E-state index contributed by atoms with van der Waals surface area (Å²) < 4.78 is 0.